The number of phosphoric acid groups is 1. The second kappa shape index (κ2) is 5.14. The third-order valence-corrected chi connectivity index (χ3v) is 1.98. The van der Waals surface area contributed by atoms with Gasteiger partial charge in [0.1, 0.15) is 0 Å². The summed E-state index contributed by atoms with van der Waals surface area (Å²) in [7, 11) is -3.54. The van der Waals surface area contributed by atoms with Gasteiger partial charge in [0.15, 0.2) is 0 Å². The van der Waals surface area contributed by atoms with Gasteiger partial charge in [-0.2, -0.15) is 0 Å². The van der Waals surface area contributed by atoms with E-state index in [1.807, 2.05) is 0 Å². The molecule has 0 aliphatic carbocycles. The van der Waals surface area contributed by atoms with E-state index in [-0.39, 0.29) is 18.8 Å². The zero-order valence-corrected chi connectivity index (χ0v) is 7.99. The molecule has 1 rings (SSSR count). The van der Waals surface area contributed by atoms with Crippen molar-refractivity contribution in [2.45, 2.75) is 6.92 Å². The van der Waals surface area contributed by atoms with Crippen LogP contribution >= 0.6 is 7.82 Å². The molecule has 7 heteroatoms. The SMILES string of the molecule is C=C(C)C(=O)O.O=P1(O)OCCO1. The average Bonchev–Trinajstić information content (AvgIpc) is 2.35. The predicted octanol–water partition coefficient (Wildman–Crippen LogP) is 0.781. The number of carboxylic acid groups (broad SMARTS) is 1. The minimum Gasteiger partial charge on any atom is -0.478 e. The van der Waals surface area contributed by atoms with Crippen molar-refractivity contribution in [1.82, 2.24) is 0 Å². The van der Waals surface area contributed by atoms with Crippen LogP contribution in [0.5, 0.6) is 0 Å². The molecule has 0 radical (unpaired) electrons. The maximum atomic E-state index is 10.1. The molecule has 0 spiro atoms. The van der Waals surface area contributed by atoms with Gasteiger partial charge >= 0.3 is 13.8 Å². The van der Waals surface area contributed by atoms with E-state index in [2.05, 4.69) is 15.6 Å². The van der Waals surface area contributed by atoms with Crippen molar-refractivity contribution in [3.8, 4) is 0 Å². The molecule has 0 aromatic heterocycles. The van der Waals surface area contributed by atoms with Crippen LogP contribution in [-0.4, -0.2) is 29.2 Å². The maximum Gasteiger partial charge on any atom is 0.472 e. The normalized spacial score (nSPS) is 18.6. The van der Waals surface area contributed by atoms with Crippen LogP contribution in [0.2, 0.25) is 0 Å². The van der Waals surface area contributed by atoms with Crippen LogP contribution in [0, 0.1) is 0 Å². The fourth-order valence-electron chi connectivity index (χ4n) is 0.343. The third-order valence-electron chi connectivity index (χ3n) is 0.957. The summed E-state index contributed by atoms with van der Waals surface area (Å²) in [6.45, 7) is 5.06. The van der Waals surface area contributed by atoms with Crippen LogP contribution in [0.25, 0.3) is 0 Å². The molecule has 1 saturated heterocycles. The van der Waals surface area contributed by atoms with Crippen molar-refractivity contribution in [3.63, 3.8) is 0 Å². The quantitative estimate of drug-likeness (QED) is 0.490. The van der Waals surface area contributed by atoms with Gasteiger partial charge in [0, 0.05) is 5.57 Å². The Kier molecular flexibility index (Phi) is 4.87. The van der Waals surface area contributed by atoms with Crippen LogP contribution in [0.3, 0.4) is 0 Å². The Balaban J connectivity index is 0.000000226. The number of carbonyl (C=O) groups is 1. The van der Waals surface area contributed by atoms with Crippen molar-refractivity contribution in [2.24, 2.45) is 0 Å². The number of aliphatic carboxylic acids is 1. The van der Waals surface area contributed by atoms with Crippen LogP contribution < -0.4 is 0 Å². The largest absolute Gasteiger partial charge is 0.478 e. The van der Waals surface area contributed by atoms with Crippen molar-refractivity contribution in [2.75, 3.05) is 13.2 Å². The topological polar surface area (TPSA) is 93.1 Å². The van der Waals surface area contributed by atoms with E-state index in [0.29, 0.717) is 0 Å². The first-order valence-electron chi connectivity index (χ1n) is 3.36. The van der Waals surface area contributed by atoms with Crippen molar-refractivity contribution in [3.05, 3.63) is 12.2 Å². The summed E-state index contributed by atoms with van der Waals surface area (Å²) in [6, 6.07) is 0. The number of carboxylic acids is 1. The molecule has 1 aliphatic heterocycles. The number of hydrogen-bond acceptors (Lipinski definition) is 4. The van der Waals surface area contributed by atoms with E-state index >= 15 is 0 Å². The minimum atomic E-state index is -3.54. The van der Waals surface area contributed by atoms with Gasteiger partial charge in [-0.05, 0) is 6.92 Å². The van der Waals surface area contributed by atoms with E-state index in [0.717, 1.165) is 0 Å². The highest BCUT2D eigenvalue weighted by atomic mass is 31.2. The molecule has 0 bridgehead atoms. The summed E-state index contributed by atoms with van der Waals surface area (Å²) in [4.78, 5) is 17.9. The van der Waals surface area contributed by atoms with E-state index in [4.69, 9.17) is 10.00 Å². The molecular weight excluding hydrogens is 199 g/mol. The van der Waals surface area contributed by atoms with Gasteiger partial charge < -0.3 is 10.00 Å². The Morgan fingerprint density at radius 2 is 1.77 bits per heavy atom. The van der Waals surface area contributed by atoms with Gasteiger partial charge in [-0.15, -0.1) is 0 Å². The molecule has 0 aromatic rings. The lowest BCUT2D eigenvalue weighted by molar-refractivity contribution is -0.132. The van der Waals surface area contributed by atoms with Crippen LogP contribution in [0.15, 0.2) is 12.2 Å². The fourth-order valence-corrected chi connectivity index (χ4v) is 1.03. The van der Waals surface area contributed by atoms with Gasteiger partial charge in [-0.3, -0.25) is 9.05 Å². The van der Waals surface area contributed by atoms with Gasteiger partial charge in [-0.1, -0.05) is 6.58 Å². The minimum absolute atomic E-state index is 0.176. The van der Waals surface area contributed by atoms with Crippen molar-refractivity contribution in [1.29, 1.82) is 0 Å². The number of hydrogen-bond donors (Lipinski definition) is 2. The summed E-state index contributed by atoms with van der Waals surface area (Å²) in [5.74, 6) is -0.935. The zero-order chi connectivity index (χ0) is 10.5. The molecule has 1 fully saturated rings. The highest BCUT2D eigenvalue weighted by Crippen LogP contribution is 2.46. The Hall–Kier alpha value is -0.680. The summed E-state index contributed by atoms with van der Waals surface area (Å²) in [5.41, 5.74) is 0.176. The van der Waals surface area contributed by atoms with E-state index in [1.165, 1.54) is 6.92 Å². The summed E-state index contributed by atoms with van der Waals surface area (Å²) in [6.07, 6.45) is 0. The molecule has 76 valence electrons. The Bertz CT molecular complexity index is 226. The number of phosphoric ester groups is 1. The molecule has 0 aromatic carbocycles. The van der Waals surface area contributed by atoms with Gasteiger partial charge in [-0.25, -0.2) is 9.36 Å². The molecule has 0 amide bonds. The maximum absolute atomic E-state index is 10.1. The first-order valence-corrected chi connectivity index (χ1v) is 4.85. The van der Waals surface area contributed by atoms with E-state index < -0.39 is 13.8 Å². The van der Waals surface area contributed by atoms with Crippen molar-refractivity contribution >= 4 is 13.8 Å². The Morgan fingerprint density at radius 1 is 1.46 bits per heavy atom. The lowest BCUT2D eigenvalue weighted by Gasteiger charge is -1.94. The molecule has 13 heavy (non-hydrogen) atoms. The first kappa shape index (κ1) is 12.3. The van der Waals surface area contributed by atoms with E-state index in [1.54, 1.807) is 0 Å². The van der Waals surface area contributed by atoms with E-state index in [9.17, 15) is 9.36 Å². The van der Waals surface area contributed by atoms with Gasteiger partial charge in [0.2, 0.25) is 0 Å². The highest BCUT2D eigenvalue weighted by molar-refractivity contribution is 7.47. The summed E-state index contributed by atoms with van der Waals surface area (Å²) < 4.78 is 18.6. The Morgan fingerprint density at radius 3 is 1.85 bits per heavy atom. The second-order valence-electron chi connectivity index (χ2n) is 2.22. The highest BCUT2D eigenvalue weighted by Gasteiger charge is 2.26. The number of rotatable bonds is 1. The third kappa shape index (κ3) is 6.48. The second-order valence-corrected chi connectivity index (χ2v) is 3.67. The lowest BCUT2D eigenvalue weighted by Crippen LogP contribution is -1.92. The molecule has 0 atom stereocenters. The molecule has 0 saturated carbocycles. The molecular formula is C6H11O6P. The smallest absolute Gasteiger partial charge is 0.472 e. The van der Waals surface area contributed by atoms with Gasteiger partial charge in [0.25, 0.3) is 0 Å². The van der Waals surface area contributed by atoms with Crippen LogP contribution in [0.4, 0.5) is 0 Å². The lowest BCUT2D eigenvalue weighted by atomic mass is 10.4. The average molecular weight is 210 g/mol. The molecule has 1 aliphatic rings. The van der Waals surface area contributed by atoms with Crippen molar-refractivity contribution < 1.29 is 28.4 Å². The standard InChI is InChI=1S/C4H6O2.C2H5O4P/c1-3(2)4(5)6;3-7(4)5-1-2-6-7/h1H2,2H3,(H,5,6);1-2H2,(H,3,4). The summed E-state index contributed by atoms with van der Waals surface area (Å²) in [5, 5.41) is 7.89. The molecule has 2 N–H and O–H groups in total. The summed E-state index contributed by atoms with van der Waals surface area (Å²) >= 11 is 0. The zero-order valence-electron chi connectivity index (χ0n) is 7.10. The molecule has 6 nitrogen and oxygen atoms in total. The molecule has 1 heterocycles. The predicted molar refractivity (Wildman–Crippen MR) is 44.2 cm³/mol. The van der Waals surface area contributed by atoms with Gasteiger partial charge in [0.05, 0.1) is 13.2 Å². The fraction of sp³-hybridized carbons (Fsp3) is 0.500. The molecule has 0 unspecified atom stereocenters. The van der Waals surface area contributed by atoms with Crippen LogP contribution in [-0.2, 0) is 18.4 Å². The monoisotopic (exact) mass is 210 g/mol. The first-order chi connectivity index (χ1) is 5.85. The van der Waals surface area contributed by atoms with Crippen LogP contribution in [0.1, 0.15) is 6.92 Å². The Labute approximate surface area is 75.4 Å².